The van der Waals surface area contributed by atoms with E-state index in [1.54, 1.807) is 6.07 Å². The van der Waals surface area contributed by atoms with E-state index in [-0.39, 0.29) is 24.4 Å². The van der Waals surface area contributed by atoms with Crippen LogP contribution in [0.4, 0.5) is 4.39 Å². The SMILES string of the molecule is CC(C)[C@@H]1CC[C@@H](C)CC1OC(=O)Cn1c(-c2cccc(F)c2)nc2ccccc21. The lowest BCUT2D eigenvalue weighted by Gasteiger charge is -2.36. The molecule has 1 aliphatic rings. The first-order chi connectivity index (χ1) is 14.4. The van der Waals surface area contributed by atoms with Gasteiger partial charge in [0.15, 0.2) is 0 Å². The summed E-state index contributed by atoms with van der Waals surface area (Å²) in [6.07, 6.45) is 3.15. The van der Waals surface area contributed by atoms with Crippen molar-refractivity contribution in [3.05, 3.63) is 54.3 Å². The second-order valence-corrected chi connectivity index (χ2v) is 8.88. The van der Waals surface area contributed by atoms with E-state index in [2.05, 4.69) is 25.8 Å². The van der Waals surface area contributed by atoms with Crippen molar-refractivity contribution in [1.82, 2.24) is 9.55 Å². The van der Waals surface area contributed by atoms with E-state index < -0.39 is 0 Å². The monoisotopic (exact) mass is 408 g/mol. The number of rotatable bonds is 5. The minimum atomic E-state index is -0.329. The summed E-state index contributed by atoms with van der Waals surface area (Å²) in [6, 6.07) is 14.0. The first kappa shape index (κ1) is 20.6. The van der Waals surface area contributed by atoms with Crippen molar-refractivity contribution >= 4 is 17.0 Å². The molecule has 0 N–H and O–H groups in total. The molecule has 0 saturated heterocycles. The van der Waals surface area contributed by atoms with Gasteiger partial charge in [0.2, 0.25) is 0 Å². The third kappa shape index (κ3) is 4.25. The average molecular weight is 409 g/mol. The van der Waals surface area contributed by atoms with E-state index in [1.807, 2.05) is 34.9 Å². The van der Waals surface area contributed by atoms with Gasteiger partial charge in [0.1, 0.15) is 24.3 Å². The fourth-order valence-corrected chi connectivity index (χ4v) is 4.67. The molecule has 158 valence electrons. The van der Waals surface area contributed by atoms with Crippen molar-refractivity contribution in [2.45, 2.75) is 52.7 Å². The smallest absolute Gasteiger partial charge is 0.326 e. The zero-order valence-corrected chi connectivity index (χ0v) is 17.8. The van der Waals surface area contributed by atoms with Gasteiger partial charge in [-0.15, -0.1) is 0 Å². The highest BCUT2D eigenvalue weighted by molar-refractivity contribution is 5.83. The Morgan fingerprint density at radius 3 is 2.77 bits per heavy atom. The summed E-state index contributed by atoms with van der Waals surface area (Å²) < 4.78 is 21.7. The van der Waals surface area contributed by atoms with Crippen LogP contribution in [0.25, 0.3) is 22.4 Å². The van der Waals surface area contributed by atoms with Crippen molar-refractivity contribution in [2.75, 3.05) is 0 Å². The number of aromatic nitrogens is 2. The fourth-order valence-electron chi connectivity index (χ4n) is 4.67. The minimum absolute atomic E-state index is 0.0475. The second kappa shape index (κ2) is 8.58. The van der Waals surface area contributed by atoms with Gasteiger partial charge in [0.25, 0.3) is 0 Å². The second-order valence-electron chi connectivity index (χ2n) is 8.88. The third-order valence-electron chi connectivity index (χ3n) is 6.27. The summed E-state index contributed by atoms with van der Waals surface area (Å²) in [7, 11) is 0. The van der Waals surface area contributed by atoms with Crippen LogP contribution in [0, 0.1) is 23.6 Å². The van der Waals surface area contributed by atoms with Crippen LogP contribution >= 0.6 is 0 Å². The van der Waals surface area contributed by atoms with Crippen molar-refractivity contribution in [1.29, 1.82) is 0 Å². The third-order valence-corrected chi connectivity index (χ3v) is 6.27. The van der Waals surface area contributed by atoms with Crippen LogP contribution in [0.15, 0.2) is 48.5 Å². The molecule has 1 unspecified atom stereocenters. The van der Waals surface area contributed by atoms with Gasteiger partial charge in [0, 0.05) is 5.56 Å². The Bertz CT molecular complexity index is 1040. The number of ether oxygens (including phenoxy) is 1. The van der Waals surface area contributed by atoms with Crippen molar-refractivity contribution in [3.8, 4) is 11.4 Å². The molecule has 2 aromatic carbocycles. The van der Waals surface area contributed by atoms with E-state index >= 15 is 0 Å². The number of benzene rings is 2. The van der Waals surface area contributed by atoms with Crippen LogP contribution in [-0.2, 0) is 16.1 Å². The number of halogens is 1. The largest absolute Gasteiger partial charge is 0.461 e. The van der Waals surface area contributed by atoms with Gasteiger partial charge in [-0.25, -0.2) is 9.37 Å². The quantitative estimate of drug-likeness (QED) is 0.498. The Balaban J connectivity index is 1.63. The van der Waals surface area contributed by atoms with E-state index in [4.69, 9.17) is 4.74 Å². The number of esters is 1. The number of imidazole rings is 1. The maximum absolute atomic E-state index is 13.8. The molecule has 4 nitrogen and oxygen atoms in total. The molecule has 0 bridgehead atoms. The van der Waals surface area contributed by atoms with Gasteiger partial charge < -0.3 is 9.30 Å². The van der Waals surface area contributed by atoms with Crippen molar-refractivity contribution < 1.29 is 13.9 Å². The van der Waals surface area contributed by atoms with Crippen molar-refractivity contribution in [2.24, 2.45) is 17.8 Å². The highest BCUT2D eigenvalue weighted by Crippen LogP contribution is 2.35. The molecule has 0 amide bonds. The summed E-state index contributed by atoms with van der Waals surface area (Å²) in [5.74, 6) is 1.42. The van der Waals surface area contributed by atoms with Gasteiger partial charge >= 0.3 is 5.97 Å². The number of carbonyl (C=O) groups excluding carboxylic acids is 1. The number of nitrogens with zero attached hydrogens (tertiary/aromatic N) is 2. The molecule has 0 aliphatic heterocycles. The highest BCUT2D eigenvalue weighted by Gasteiger charge is 2.33. The zero-order chi connectivity index (χ0) is 21.3. The molecule has 3 atom stereocenters. The number of hydrogen-bond donors (Lipinski definition) is 0. The minimum Gasteiger partial charge on any atom is -0.461 e. The molecule has 1 aliphatic carbocycles. The lowest BCUT2D eigenvalue weighted by atomic mass is 9.75. The molecular formula is C25H29FN2O2. The molecule has 1 heterocycles. The van der Waals surface area contributed by atoms with Gasteiger partial charge in [-0.3, -0.25) is 4.79 Å². The summed E-state index contributed by atoms with van der Waals surface area (Å²) >= 11 is 0. The molecule has 0 radical (unpaired) electrons. The predicted molar refractivity (Wildman–Crippen MR) is 116 cm³/mol. The van der Waals surface area contributed by atoms with E-state index in [1.165, 1.54) is 18.6 Å². The predicted octanol–water partition coefficient (Wildman–Crippen LogP) is 5.85. The summed E-state index contributed by atoms with van der Waals surface area (Å²) in [4.78, 5) is 17.7. The Morgan fingerprint density at radius 1 is 1.20 bits per heavy atom. The maximum Gasteiger partial charge on any atom is 0.326 e. The highest BCUT2D eigenvalue weighted by atomic mass is 19.1. The maximum atomic E-state index is 13.8. The summed E-state index contributed by atoms with van der Waals surface area (Å²) in [6.45, 7) is 6.69. The summed E-state index contributed by atoms with van der Waals surface area (Å²) in [5, 5.41) is 0. The standard InChI is InChI=1S/C25H29FN2O2/c1-16(2)20-12-11-17(3)13-23(20)30-24(29)15-28-22-10-5-4-9-21(22)27-25(28)18-7-6-8-19(26)14-18/h4-10,14,16-17,20,23H,11-13,15H2,1-3H3/t17-,20+,23?/m1/s1. The lowest BCUT2D eigenvalue weighted by Crippen LogP contribution is -2.36. The zero-order valence-electron chi connectivity index (χ0n) is 17.8. The Kier molecular flexibility index (Phi) is 5.89. The molecule has 0 spiro atoms. The fraction of sp³-hybridized carbons (Fsp3) is 0.440. The first-order valence-electron chi connectivity index (χ1n) is 10.8. The van der Waals surface area contributed by atoms with Crippen LogP contribution in [-0.4, -0.2) is 21.6 Å². The molecule has 30 heavy (non-hydrogen) atoms. The number of carbonyl (C=O) groups is 1. The van der Waals surface area contributed by atoms with Crippen LogP contribution in [0.1, 0.15) is 40.0 Å². The van der Waals surface area contributed by atoms with Crippen LogP contribution in [0.2, 0.25) is 0 Å². The van der Waals surface area contributed by atoms with Gasteiger partial charge in [-0.05, 0) is 54.9 Å². The average Bonchev–Trinajstić information content (AvgIpc) is 3.06. The first-order valence-corrected chi connectivity index (χ1v) is 10.8. The molecular weight excluding hydrogens is 379 g/mol. The Hall–Kier alpha value is -2.69. The van der Waals surface area contributed by atoms with E-state index in [0.717, 1.165) is 23.9 Å². The van der Waals surface area contributed by atoms with Crippen LogP contribution in [0.5, 0.6) is 0 Å². The molecule has 5 heteroatoms. The molecule has 1 aromatic heterocycles. The molecule has 3 aromatic rings. The van der Waals surface area contributed by atoms with Gasteiger partial charge in [0.05, 0.1) is 11.0 Å². The Morgan fingerprint density at radius 2 is 2.00 bits per heavy atom. The number of hydrogen-bond acceptors (Lipinski definition) is 3. The van der Waals surface area contributed by atoms with Gasteiger partial charge in [-0.2, -0.15) is 0 Å². The number of fused-ring (bicyclic) bond motifs is 1. The summed E-state index contributed by atoms with van der Waals surface area (Å²) in [5.41, 5.74) is 2.26. The van der Waals surface area contributed by atoms with Crippen LogP contribution in [0.3, 0.4) is 0 Å². The van der Waals surface area contributed by atoms with E-state index in [9.17, 15) is 9.18 Å². The lowest BCUT2D eigenvalue weighted by molar-refractivity contribution is -0.156. The van der Waals surface area contributed by atoms with Gasteiger partial charge in [-0.1, -0.05) is 51.5 Å². The molecule has 1 saturated carbocycles. The van der Waals surface area contributed by atoms with Crippen molar-refractivity contribution in [3.63, 3.8) is 0 Å². The topological polar surface area (TPSA) is 44.1 Å². The van der Waals surface area contributed by atoms with E-state index in [0.29, 0.717) is 29.1 Å². The normalized spacial score (nSPS) is 21.8. The molecule has 1 fully saturated rings. The van der Waals surface area contributed by atoms with Crippen LogP contribution < -0.4 is 0 Å². The Labute approximate surface area is 177 Å². The molecule has 4 rings (SSSR count). The number of para-hydroxylation sites is 2.